The van der Waals surface area contributed by atoms with Crippen LogP contribution in [0, 0.1) is 5.92 Å². The number of anilines is 1. The highest BCUT2D eigenvalue weighted by Crippen LogP contribution is 2.31. The summed E-state index contributed by atoms with van der Waals surface area (Å²) >= 11 is 0. The molecule has 0 spiro atoms. The number of ether oxygens (including phenoxy) is 1. The molecular formula is C25H42N6O4S. The standard InChI is InChI=1S/C25H42N6O4S/c1-17-14-18-8-5-11-21(22(18)29-15-17)36(33,34)30-20(10-6-12-28-24(26)27)23(32)31-13-7-9-19(31)16-35-25(2,3)4/h5,8,11,17,19-20,29-30H,6-7,9-10,12-16H2,1-4H3,(H4,26,27,28)/t17?,19-,20+/m1/s1. The smallest absolute Gasteiger partial charge is 0.243 e. The van der Waals surface area contributed by atoms with Gasteiger partial charge < -0.3 is 26.4 Å². The van der Waals surface area contributed by atoms with E-state index in [4.69, 9.17) is 16.2 Å². The fourth-order valence-electron chi connectivity index (χ4n) is 4.73. The summed E-state index contributed by atoms with van der Waals surface area (Å²) in [5, 5.41) is 3.27. The lowest BCUT2D eigenvalue weighted by Gasteiger charge is -2.31. The normalized spacial score (nSPS) is 20.9. The van der Waals surface area contributed by atoms with E-state index in [1.165, 1.54) is 0 Å². The Morgan fingerprint density at radius 1 is 1.33 bits per heavy atom. The molecule has 0 bridgehead atoms. The van der Waals surface area contributed by atoms with Crippen LogP contribution in [0.15, 0.2) is 28.1 Å². The summed E-state index contributed by atoms with van der Waals surface area (Å²) in [6.07, 6.45) is 3.21. The second kappa shape index (κ2) is 11.8. The number of carbonyl (C=O) groups excluding carboxylic acids is 1. The molecule has 202 valence electrons. The summed E-state index contributed by atoms with van der Waals surface area (Å²) in [7, 11) is -3.98. The average molecular weight is 523 g/mol. The average Bonchev–Trinajstić information content (AvgIpc) is 3.26. The molecule has 1 fully saturated rings. The minimum Gasteiger partial charge on any atom is -0.383 e. The van der Waals surface area contributed by atoms with Gasteiger partial charge in [0.15, 0.2) is 5.96 Å². The molecular weight excluding hydrogens is 480 g/mol. The number of sulfonamides is 1. The topological polar surface area (TPSA) is 152 Å². The number of hydrogen-bond donors (Lipinski definition) is 4. The lowest BCUT2D eigenvalue weighted by molar-refractivity contribution is -0.136. The fraction of sp³-hybridized carbons (Fsp3) is 0.680. The largest absolute Gasteiger partial charge is 0.383 e. The number of nitrogens with zero attached hydrogens (tertiary/aromatic N) is 2. The number of fused-ring (bicyclic) bond motifs is 1. The minimum atomic E-state index is -3.98. The molecule has 1 saturated heterocycles. The van der Waals surface area contributed by atoms with Crippen LogP contribution in [-0.2, 0) is 26.0 Å². The first-order valence-electron chi connectivity index (χ1n) is 12.8. The maximum Gasteiger partial charge on any atom is 0.243 e. The van der Waals surface area contributed by atoms with Crippen molar-refractivity contribution in [2.75, 3.05) is 31.6 Å². The van der Waals surface area contributed by atoms with Crippen molar-refractivity contribution in [3.8, 4) is 0 Å². The monoisotopic (exact) mass is 522 g/mol. The molecule has 1 amide bonds. The molecule has 3 atom stereocenters. The quantitative estimate of drug-likeness (QED) is 0.208. The van der Waals surface area contributed by atoms with Crippen LogP contribution in [0.2, 0.25) is 0 Å². The van der Waals surface area contributed by atoms with Crippen LogP contribution < -0.4 is 21.5 Å². The molecule has 1 unspecified atom stereocenters. The molecule has 2 aliphatic rings. The molecule has 11 heteroatoms. The molecule has 2 heterocycles. The van der Waals surface area contributed by atoms with E-state index in [0.717, 1.165) is 24.8 Å². The van der Waals surface area contributed by atoms with E-state index in [1.807, 2.05) is 26.8 Å². The fourth-order valence-corrected chi connectivity index (χ4v) is 6.18. The van der Waals surface area contributed by atoms with Crippen molar-refractivity contribution < 1.29 is 17.9 Å². The minimum absolute atomic E-state index is 0.0337. The molecule has 0 aromatic heterocycles. The predicted octanol–water partition coefficient (Wildman–Crippen LogP) is 1.80. The number of likely N-dealkylation sites (tertiary alicyclic amines) is 1. The van der Waals surface area contributed by atoms with Gasteiger partial charge in [-0.15, -0.1) is 0 Å². The van der Waals surface area contributed by atoms with Crippen LogP contribution in [0.4, 0.5) is 5.69 Å². The van der Waals surface area contributed by atoms with E-state index in [9.17, 15) is 13.2 Å². The third-order valence-electron chi connectivity index (χ3n) is 6.51. The Bertz CT molecular complexity index is 1050. The van der Waals surface area contributed by atoms with Crippen molar-refractivity contribution in [3.05, 3.63) is 23.8 Å². The number of aliphatic imine (C=N–C) groups is 1. The zero-order valence-corrected chi connectivity index (χ0v) is 22.7. The van der Waals surface area contributed by atoms with Crippen LogP contribution in [0.1, 0.15) is 58.9 Å². The van der Waals surface area contributed by atoms with E-state index >= 15 is 0 Å². The van der Waals surface area contributed by atoms with Crippen molar-refractivity contribution in [3.63, 3.8) is 0 Å². The Hall–Kier alpha value is -2.37. The molecule has 10 nitrogen and oxygen atoms in total. The van der Waals surface area contributed by atoms with Gasteiger partial charge in [0.25, 0.3) is 0 Å². The van der Waals surface area contributed by atoms with E-state index in [2.05, 4.69) is 22.0 Å². The number of nitrogens with two attached hydrogens (primary N) is 2. The van der Waals surface area contributed by atoms with Gasteiger partial charge in [0, 0.05) is 19.6 Å². The highest BCUT2D eigenvalue weighted by atomic mass is 32.2. The van der Waals surface area contributed by atoms with Crippen molar-refractivity contribution in [2.24, 2.45) is 22.4 Å². The highest BCUT2D eigenvalue weighted by Gasteiger charge is 2.36. The van der Waals surface area contributed by atoms with E-state index in [0.29, 0.717) is 44.3 Å². The molecule has 6 N–H and O–H groups in total. The molecule has 1 aromatic carbocycles. The molecule has 36 heavy (non-hydrogen) atoms. The van der Waals surface area contributed by atoms with Crippen molar-refractivity contribution >= 4 is 27.6 Å². The van der Waals surface area contributed by atoms with Gasteiger partial charge in [0.05, 0.1) is 23.9 Å². The first-order chi connectivity index (χ1) is 16.9. The molecule has 2 aliphatic heterocycles. The maximum atomic E-state index is 13.7. The third-order valence-corrected chi connectivity index (χ3v) is 8.02. The molecule has 0 radical (unpaired) electrons. The Labute approximate surface area is 215 Å². The Balaban J connectivity index is 1.82. The number of carbonyl (C=O) groups is 1. The first kappa shape index (κ1) is 28.2. The second-order valence-electron chi connectivity index (χ2n) is 10.9. The van der Waals surface area contributed by atoms with Crippen LogP contribution in [0.5, 0.6) is 0 Å². The maximum absolute atomic E-state index is 13.7. The first-order valence-corrected chi connectivity index (χ1v) is 14.2. The number of rotatable bonds is 10. The Morgan fingerprint density at radius 2 is 2.08 bits per heavy atom. The molecule has 3 rings (SSSR count). The van der Waals surface area contributed by atoms with E-state index in [1.54, 1.807) is 17.0 Å². The lowest BCUT2D eigenvalue weighted by atomic mass is 9.96. The number of guanidine groups is 1. The van der Waals surface area contributed by atoms with Gasteiger partial charge in [0.2, 0.25) is 15.9 Å². The van der Waals surface area contributed by atoms with E-state index < -0.39 is 16.1 Å². The summed E-state index contributed by atoms with van der Waals surface area (Å²) in [6.45, 7) is 10.0. The number of para-hydroxylation sites is 1. The van der Waals surface area contributed by atoms with Gasteiger partial charge in [-0.1, -0.05) is 19.1 Å². The van der Waals surface area contributed by atoms with Gasteiger partial charge in [-0.2, -0.15) is 4.72 Å². The number of nitrogens with one attached hydrogen (secondary N) is 2. The summed E-state index contributed by atoms with van der Waals surface area (Å²) in [5.41, 5.74) is 12.1. The number of amides is 1. The van der Waals surface area contributed by atoms with Crippen LogP contribution in [-0.4, -0.2) is 69.1 Å². The molecule has 0 saturated carbocycles. The summed E-state index contributed by atoms with van der Waals surface area (Å²) in [5.74, 6) is 0.138. The zero-order valence-electron chi connectivity index (χ0n) is 21.9. The second-order valence-corrected chi connectivity index (χ2v) is 12.5. The van der Waals surface area contributed by atoms with Gasteiger partial charge >= 0.3 is 0 Å². The Morgan fingerprint density at radius 3 is 2.78 bits per heavy atom. The predicted molar refractivity (Wildman–Crippen MR) is 142 cm³/mol. The van der Waals surface area contributed by atoms with Gasteiger partial charge in [-0.05, 0) is 70.4 Å². The van der Waals surface area contributed by atoms with Gasteiger partial charge in [0.1, 0.15) is 10.9 Å². The van der Waals surface area contributed by atoms with Crippen molar-refractivity contribution in [1.82, 2.24) is 9.62 Å². The highest BCUT2D eigenvalue weighted by molar-refractivity contribution is 7.89. The third kappa shape index (κ3) is 7.57. The molecule has 1 aromatic rings. The van der Waals surface area contributed by atoms with Gasteiger partial charge in [-0.3, -0.25) is 9.79 Å². The summed E-state index contributed by atoms with van der Waals surface area (Å²) in [4.78, 5) is 19.6. The number of hydrogen-bond acceptors (Lipinski definition) is 6. The van der Waals surface area contributed by atoms with Crippen LogP contribution in [0.25, 0.3) is 0 Å². The van der Waals surface area contributed by atoms with Crippen molar-refractivity contribution in [1.29, 1.82) is 0 Å². The van der Waals surface area contributed by atoms with E-state index in [-0.39, 0.29) is 34.8 Å². The Kier molecular flexibility index (Phi) is 9.23. The van der Waals surface area contributed by atoms with Crippen LogP contribution in [0.3, 0.4) is 0 Å². The summed E-state index contributed by atoms with van der Waals surface area (Å²) < 4.78 is 35.8. The number of benzene rings is 1. The SMILES string of the molecule is CC1CNc2c(cccc2S(=O)(=O)N[C@@H](CCCN=C(N)N)C(=O)N2CCC[C@@H]2COC(C)(C)C)C1. The van der Waals surface area contributed by atoms with Crippen molar-refractivity contribution in [2.45, 2.75) is 82.4 Å². The molecule has 0 aliphatic carbocycles. The zero-order chi connectivity index (χ0) is 26.5. The van der Waals surface area contributed by atoms with Crippen LogP contribution >= 0.6 is 0 Å². The van der Waals surface area contributed by atoms with Gasteiger partial charge in [-0.25, -0.2) is 8.42 Å². The lowest BCUT2D eigenvalue weighted by Crippen LogP contribution is -2.51. The summed E-state index contributed by atoms with van der Waals surface area (Å²) in [6, 6.07) is 4.26.